The number of fused-ring (bicyclic) bond motifs is 3. The largest absolute Gasteiger partial charge is 0.477 e. The van der Waals surface area contributed by atoms with E-state index >= 15 is 0 Å². The summed E-state index contributed by atoms with van der Waals surface area (Å²) in [5, 5.41) is 18.8. The van der Waals surface area contributed by atoms with E-state index in [4.69, 9.17) is 0 Å². The van der Waals surface area contributed by atoms with Gasteiger partial charge in [-0.15, -0.1) is 34.0 Å². The molecule has 3 heterocycles. The highest BCUT2D eigenvalue weighted by molar-refractivity contribution is 7.27. The Labute approximate surface area is 376 Å². The van der Waals surface area contributed by atoms with E-state index in [1.165, 1.54) is 83.8 Å². The van der Waals surface area contributed by atoms with E-state index in [9.17, 15) is 15.2 Å². The molecule has 0 saturated heterocycles. The maximum Gasteiger partial charge on any atom is 0.346 e. The van der Waals surface area contributed by atoms with Crippen LogP contribution in [0.2, 0.25) is 0 Å². The van der Waals surface area contributed by atoms with Gasteiger partial charge in [-0.2, -0.15) is 5.26 Å². The molecule has 1 N–H and O–H groups in total. The lowest BCUT2D eigenvalue weighted by Gasteiger charge is -2.33. The van der Waals surface area contributed by atoms with Crippen molar-refractivity contribution in [3.8, 4) is 58.3 Å². The molecule has 3 aromatic heterocycles. The second kappa shape index (κ2) is 18.0. The van der Waals surface area contributed by atoms with Crippen molar-refractivity contribution in [3.05, 3.63) is 179 Å². The molecule has 4 nitrogen and oxygen atoms in total. The molecule has 62 heavy (non-hydrogen) atoms. The van der Waals surface area contributed by atoms with Crippen molar-refractivity contribution in [1.82, 2.24) is 0 Å². The summed E-state index contributed by atoms with van der Waals surface area (Å²) in [6.07, 6.45) is 8.43. The van der Waals surface area contributed by atoms with Gasteiger partial charge >= 0.3 is 5.97 Å². The van der Waals surface area contributed by atoms with Gasteiger partial charge in [0.15, 0.2) is 0 Å². The molecule has 0 radical (unpaired) electrons. The average molecular weight is 863 g/mol. The number of thiophene rings is 3. The van der Waals surface area contributed by atoms with Crippen molar-refractivity contribution in [3.63, 3.8) is 0 Å². The van der Waals surface area contributed by atoms with E-state index in [-0.39, 0.29) is 11.0 Å². The quantitative estimate of drug-likeness (QED) is 0.0824. The van der Waals surface area contributed by atoms with Gasteiger partial charge in [0.2, 0.25) is 0 Å². The number of carbonyl (C=O) groups is 1. The highest BCUT2D eigenvalue weighted by atomic mass is 32.1. The molecule has 0 atom stereocenters. The van der Waals surface area contributed by atoms with Gasteiger partial charge in [0.1, 0.15) is 11.6 Å². The Balaban J connectivity index is 1.16. The molecule has 306 valence electrons. The fraction of sp³-hybridized carbons (Fsp3) is 0.164. The second-order valence-corrected chi connectivity index (χ2v) is 19.1. The molecule has 7 heteroatoms. The molecule has 0 saturated carbocycles. The number of nitrogens with zero attached hydrogens (tertiary/aromatic N) is 2. The average Bonchev–Trinajstić information content (AvgIpc) is 4.13. The van der Waals surface area contributed by atoms with Crippen LogP contribution in [0.5, 0.6) is 0 Å². The maximum absolute atomic E-state index is 11.6. The smallest absolute Gasteiger partial charge is 0.346 e. The van der Waals surface area contributed by atoms with Gasteiger partial charge in [0.05, 0.1) is 4.88 Å². The number of para-hydroxylation sites is 2. The molecule has 9 rings (SSSR count). The summed E-state index contributed by atoms with van der Waals surface area (Å²) in [7, 11) is 0. The van der Waals surface area contributed by atoms with Gasteiger partial charge in [-0.1, -0.05) is 124 Å². The first-order chi connectivity index (χ1) is 30.4. The van der Waals surface area contributed by atoms with E-state index in [0.717, 1.165) is 57.4 Å². The number of carboxylic acid groups (broad SMARTS) is 1. The van der Waals surface area contributed by atoms with Crippen molar-refractivity contribution in [2.75, 3.05) is 4.90 Å². The van der Waals surface area contributed by atoms with Crippen LogP contribution in [0.1, 0.15) is 68.4 Å². The topological polar surface area (TPSA) is 64.3 Å². The molecule has 0 unspecified atom stereocenters. The van der Waals surface area contributed by atoms with E-state index in [1.54, 1.807) is 17.4 Å². The number of nitriles is 1. The lowest BCUT2D eigenvalue weighted by Crippen LogP contribution is -2.25. The SMILES string of the molecule is CCCCC1(CCCC)c2ccccc2-c2ccc(-c3cc(-c4ccc(N(c5ccccc5)c5ccccc5)cc4)sc3-c3ccc(-c4ccc(C=C(C#N)C(=O)O)s4)s3)cc21. The number of unbranched alkanes of at least 4 members (excludes halogenated alkanes) is 2. The number of carboxylic acids is 1. The molecule has 5 aromatic carbocycles. The fourth-order valence-electron chi connectivity index (χ4n) is 8.99. The molecule has 1 aliphatic rings. The van der Waals surface area contributed by atoms with Crippen LogP contribution >= 0.6 is 34.0 Å². The van der Waals surface area contributed by atoms with Gasteiger partial charge in [0.25, 0.3) is 0 Å². The van der Waals surface area contributed by atoms with E-state index < -0.39 is 5.97 Å². The van der Waals surface area contributed by atoms with Gasteiger partial charge in [-0.25, -0.2) is 4.79 Å². The Kier molecular flexibility index (Phi) is 11.9. The van der Waals surface area contributed by atoms with Crippen LogP contribution in [0, 0.1) is 11.3 Å². The minimum Gasteiger partial charge on any atom is -0.477 e. The van der Waals surface area contributed by atoms with Crippen molar-refractivity contribution in [2.45, 2.75) is 57.8 Å². The van der Waals surface area contributed by atoms with Crippen LogP contribution in [0.4, 0.5) is 17.1 Å². The zero-order chi connectivity index (χ0) is 42.6. The minimum absolute atomic E-state index is 0.0142. The van der Waals surface area contributed by atoms with Crippen LogP contribution in [0.3, 0.4) is 0 Å². The molecule has 0 bridgehead atoms. The highest BCUT2D eigenvalue weighted by Crippen LogP contribution is 2.56. The zero-order valence-electron chi connectivity index (χ0n) is 34.8. The predicted octanol–water partition coefficient (Wildman–Crippen LogP) is 16.6. The second-order valence-electron chi connectivity index (χ2n) is 15.8. The third-order valence-electron chi connectivity index (χ3n) is 12.0. The fourth-order valence-corrected chi connectivity index (χ4v) is 12.3. The summed E-state index contributed by atoms with van der Waals surface area (Å²) in [6.45, 7) is 4.61. The number of aliphatic carboxylic acids is 1. The third kappa shape index (κ3) is 7.87. The summed E-state index contributed by atoms with van der Waals surface area (Å²) in [6, 6.07) is 58.8. The Bertz CT molecular complexity index is 2880. The van der Waals surface area contributed by atoms with Crippen LogP contribution in [-0.2, 0) is 10.2 Å². The summed E-state index contributed by atoms with van der Waals surface area (Å²) >= 11 is 5.08. The van der Waals surface area contributed by atoms with Crippen LogP contribution in [-0.4, -0.2) is 11.1 Å². The Morgan fingerprint density at radius 3 is 1.84 bits per heavy atom. The standard InChI is InChI=1S/C55H46N2O2S3/c1-3-5-31-55(32-6-4-2)47-20-14-13-19-44(47)45-27-23-38(34-48(45)55)46-35-52(37-21-24-42(25-22-37)57(40-15-9-7-10-16-40)41-17-11-8-12-18-41)62-53(46)51-30-29-50(61-51)49-28-26-43(60-49)33-39(36-56)54(58)59/h7-30,33-35H,3-6,31-32H2,1-2H3,(H,58,59). The van der Waals surface area contributed by atoms with E-state index in [1.807, 2.05) is 23.5 Å². The Morgan fingerprint density at radius 1 is 0.597 bits per heavy atom. The number of hydrogen-bond donors (Lipinski definition) is 1. The van der Waals surface area contributed by atoms with E-state index in [0.29, 0.717) is 0 Å². The number of hydrogen-bond acceptors (Lipinski definition) is 6. The monoisotopic (exact) mass is 862 g/mol. The normalized spacial score (nSPS) is 12.8. The van der Waals surface area contributed by atoms with Crippen LogP contribution < -0.4 is 4.90 Å². The molecule has 1 aliphatic carbocycles. The number of benzene rings is 5. The lowest BCUT2D eigenvalue weighted by molar-refractivity contribution is -0.132. The maximum atomic E-state index is 11.6. The van der Waals surface area contributed by atoms with Gasteiger partial charge in [-0.05, 0) is 125 Å². The van der Waals surface area contributed by atoms with Crippen molar-refractivity contribution in [2.24, 2.45) is 0 Å². The van der Waals surface area contributed by atoms with Crippen molar-refractivity contribution >= 4 is 63.1 Å². The highest BCUT2D eigenvalue weighted by Gasteiger charge is 2.42. The summed E-state index contributed by atoms with van der Waals surface area (Å²) in [5.74, 6) is -1.22. The summed E-state index contributed by atoms with van der Waals surface area (Å²) < 4.78 is 0. The number of rotatable bonds is 15. The minimum atomic E-state index is -1.22. The molecule has 0 amide bonds. The molecular formula is C55H46N2O2S3. The summed E-state index contributed by atoms with van der Waals surface area (Å²) in [5.41, 5.74) is 12.3. The van der Waals surface area contributed by atoms with Gasteiger partial charge in [0, 0.05) is 52.4 Å². The predicted molar refractivity (Wildman–Crippen MR) is 263 cm³/mol. The van der Waals surface area contributed by atoms with Gasteiger partial charge in [-0.3, -0.25) is 0 Å². The molecule has 0 aliphatic heterocycles. The number of anilines is 3. The zero-order valence-corrected chi connectivity index (χ0v) is 37.3. The Hall–Kier alpha value is -6.30. The third-order valence-corrected chi connectivity index (χ3v) is 15.7. The van der Waals surface area contributed by atoms with Crippen molar-refractivity contribution < 1.29 is 9.90 Å². The first-order valence-corrected chi connectivity index (χ1v) is 23.8. The van der Waals surface area contributed by atoms with Gasteiger partial charge < -0.3 is 10.0 Å². The molecular weight excluding hydrogens is 817 g/mol. The Morgan fingerprint density at radius 2 is 1.18 bits per heavy atom. The first-order valence-electron chi connectivity index (χ1n) is 21.4. The van der Waals surface area contributed by atoms with Crippen molar-refractivity contribution in [1.29, 1.82) is 5.26 Å². The van der Waals surface area contributed by atoms with Crippen LogP contribution in [0.15, 0.2) is 163 Å². The van der Waals surface area contributed by atoms with E-state index in [2.05, 4.69) is 164 Å². The van der Waals surface area contributed by atoms with Crippen LogP contribution in [0.25, 0.3) is 58.3 Å². The molecule has 8 aromatic rings. The molecule has 0 spiro atoms. The summed E-state index contributed by atoms with van der Waals surface area (Å²) in [4.78, 5) is 20.3. The lowest BCUT2D eigenvalue weighted by atomic mass is 9.70. The first kappa shape index (κ1) is 41.1. The molecule has 0 fully saturated rings.